The van der Waals surface area contributed by atoms with Gasteiger partial charge in [-0.1, -0.05) is 0 Å². The normalized spacial score (nSPS) is 15.1. The summed E-state index contributed by atoms with van der Waals surface area (Å²) in [7, 11) is 0. The lowest BCUT2D eigenvalue weighted by molar-refractivity contribution is 0.0746. The number of nitrogens with zero attached hydrogens (tertiary/aromatic N) is 5. The monoisotopic (exact) mass is 347 g/mol. The molecular formula is C14H14BrN5O. The van der Waals surface area contributed by atoms with Crippen molar-refractivity contribution in [2.75, 3.05) is 31.1 Å². The summed E-state index contributed by atoms with van der Waals surface area (Å²) in [5.74, 6) is 0.753. The van der Waals surface area contributed by atoms with Crippen LogP contribution in [0.1, 0.15) is 10.4 Å². The Hall–Kier alpha value is -2.02. The zero-order valence-electron chi connectivity index (χ0n) is 11.3. The molecule has 0 aliphatic carbocycles. The number of piperazine rings is 1. The maximum absolute atomic E-state index is 12.4. The number of hydrogen-bond donors (Lipinski definition) is 0. The molecule has 0 aromatic carbocycles. The van der Waals surface area contributed by atoms with Crippen molar-refractivity contribution >= 4 is 27.8 Å². The molecule has 0 unspecified atom stereocenters. The van der Waals surface area contributed by atoms with Crippen LogP contribution in [0.15, 0.2) is 41.4 Å². The molecule has 0 N–H and O–H groups in total. The third-order valence-electron chi connectivity index (χ3n) is 3.38. The van der Waals surface area contributed by atoms with Gasteiger partial charge < -0.3 is 9.80 Å². The Labute approximate surface area is 131 Å². The van der Waals surface area contributed by atoms with Crippen LogP contribution in [0.3, 0.4) is 0 Å². The second-order valence-corrected chi connectivity index (χ2v) is 5.51. The third kappa shape index (κ3) is 3.18. The molecule has 1 saturated heterocycles. The zero-order valence-corrected chi connectivity index (χ0v) is 12.9. The lowest BCUT2D eigenvalue weighted by atomic mass is 10.2. The number of anilines is 1. The van der Waals surface area contributed by atoms with Gasteiger partial charge in [0, 0.05) is 50.3 Å². The molecule has 108 valence electrons. The molecular weight excluding hydrogens is 334 g/mol. The first-order valence-electron chi connectivity index (χ1n) is 6.67. The molecule has 6 nitrogen and oxygen atoms in total. The van der Waals surface area contributed by atoms with E-state index in [-0.39, 0.29) is 5.91 Å². The summed E-state index contributed by atoms with van der Waals surface area (Å²) in [6.45, 7) is 2.80. The number of pyridine rings is 1. The van der Waals surface area contributed by atoms with E-state index in [4.69, 9.17) is 0 Å². The largest absolute Gasteiger partial charge is 0.337 e. The summed E-state index contributed by atoms with van der Waals surface area (Å²) in [5, 5.41) is 0. The maximum Gasteiger partial charge on any atom is 0.254 e. The molecule has 1 aliphatic rings. The Kier molecular flexibility index (Phi) is 4.10. The van der Waals surface area contributed by atoms with Gasteiger partial charge in [-0.3, -0.25) is 4.79 Å². The van der Waals surface area contributed by atoms with Crippen molar-refractivity contribution in [1.29, 1.82) is 0 Å². The Morgan fingerprint density at radius 3 is 2.43 bits per heavy atom. The van der Waals surface area contributed by atoms with Crippen molar-refractivity contribution in [3.05, 3.63) is 47.0 Å². The molecule has 0 atom stereocenters. The molecule has 2 aromatic heterocycles. The molecule has 21 heavy (non-hydrogen) atoms. The van der Waals surface area contributed by atoms with Crippen molar-refractivity contribution in [2.24, 2.45) is 0 Å². The first-order chi connectivity index (χ1) is 10.2. The summed E-state index contributed by atoms with van der Waals surface area (Å²) < 4.78 is 0.671. The van der Waals surface area contributed by atoms with Crippen molar-refractivity contribution in [3.63, 3.8) is 0 Å². The van der Waals surface area contributed by atoms with Gasteiger partial charge in [0.05, 0.1) is 0 Å². The topological polar surface area (TPSA) is 62.2 Å². The molecule has 0 bridgehead atoms. The zero-order chi connectivity index (χ0) is 14.7. The van der Waals surface area contributed by atoms with E-state index in [1.165, 1.54) is 0 Å². The van der Waals surface area contributed by atoms with E-state index in [1.807, 2.05) is 4.90 Å². The van der Waals surface area contributed by atoms with E-state index >= 15 is 0 Å². The van der Waals surface area contributed by atoms with Gasteiger partial charge in [-0.05, 0) is 34.1 Å². The predicted octanol–water partition coefficient (Wildman–Crippen LogP) is 1.60. The second kappa shape index (κ2) is 6.17. The summed E-state index contributed by atoms with van der Waals surface area (Å²) >= 11 is 3.29. The van der Waals surface area contributed by atoms with E-state index in [0.717, 1.165) is 19.0 Å². The maximum atomic E-state index is 12.4. The lowest BCUT2D eigenvalue weighted by Crippen LogP contribution is -2.49. The Bertz CT molecular complexity index is 628. The molecule has 3 heterocycles. The van der Waals surface area contributed by atoms with E-state index in [9.17, 15) is 4.79 Å². The molecule has 7 heteroatoms. The van der Waals surface area contributed by atoms with Crippen LogP contribution in [0, 0.1) is 0 Å². The van der Waals surface area contributed by atoms with Gasteiger partial charge in [-0.15, -0.1) is 0 Å². The number of rotatable bonds is 2. The minimum absolute atomic E-state index is 0.0340. The predicted molar refractivity (Wildman–Crippen MR) is 82.1 cm³/mol. The first kappa shape index (κ1) is 13.9. The van der Waals surface area contributed by atoms with Gasteiger partial charge in [0.2, 0.25) is 5.95 Å². The summed E-state index contributed by atoms with van der Waals surface area (Å²) in [4.78, 5) is 28.9. The molecule has 0 radical (unpaired) electrons. The molecule has 0 saturated carbocycles. The highest BCUT2D eigenvalue weighted by Crippen LogP contribution is 2.14. The number of amides is 1. The van der Waals surface area contributed by atoms with Gasteiger partial charge in [0.1, 0.15) is 4.60 Å². The van der Waals surface area contributed by atoms with Gasteiger partial charge in [-0.2, -0.15) is 0 Å². The molecule has 2 aromatic rings. The van der Waals surface area contributed by atoms with Crippen LogP contribution in [-0.2, 0) is 0 Å². The van der Waals surface area contributed by atoms with Gasteiger partial charge in [-0.25, -0.2) is 15.0 Å². The minimum Gasteiger partial charge on any atom is -0.337 e. The van der Waals surface area contributed by atoms with Gasteiger partial charge >= 0.3 is 0 Å². The van der Waals surface area contributed by atoms with Crippen molar-refractivity contribution < 1.29 is 4.79 Å². The molecule has 1 fully saturated rings. The van der Waals surface area contributed by atoms with Crippen LogP contribution in [0.2, 0.25) is 0 Å². The van der Waals surface area contributed by atoms with Gasteiger partial charge in [0.15, 0.2) is 0 Å². The van der Waals surface area contributed by atoms with Crippen molar-refractivity contribution in [1.82, 2.24) is 19.9 Å². The Morgan fingerprint density at radius 1 is 1.05 bits per heavy atom. The van der Waals surface area contributed by atoms with Crippen molar-refractivity contribution in [3.8, 4) is 0 Å². The number of aromatic nitrogens is 3. The van der Waals surface area contributed by atoms with E-state index < -0.39 is 0 Å². The summed E-state index contributed by atoms with van der Waals surface area (Å²) in [6, 6.07) is 5.28. The number of carbonyl (C=O) groups excluding carboxylic acids is 1. The quantitative estimate of drug-likeness (QED) is 0.772. The van der Waals surface area contributed by atoms with Crippen LogP contribution < -0.4 is 4.90 Å². The Balaban J connectivity index is 1.64. The van der Waals surface area contributed by atoms with Gasteiger partial charge in [0.25, 0.3) is 5.91 Å². The average Bonchev–Trinajstić information content (AvgIpc) is 2.55. The van der Waals surface area contributed by atoms with E-state index in [0.29, 0.717) is 23.3 Å². The highest BCUT2D eigenvalue weighted by molar-refractivity contribution is 9.10. The van der Waals surface area contributed by atoms with Crippen LogP contribution in [0.25, 0.3) is 0 Å². The standard InChI is InChI=1S/C14H14BrN5O/c15-12-10-11(2-5-16-12)13(21)19-6-8-20(9-7-19)14-17-3-1-4-18-14/h1-5,10H,6-9H2. The lowest BCUT2D eigenvalue weighted by Gasteiger charge is -2.34. The van der Waals surface area contributed by atoms with Crippen LogP contribution in [-0.4, -0.2) is 51.9 Å². The SMILES string of the molecule is O=C(c1ccnc(Br)c1)N1CCN(c2ncccn2)CC1. The number of halogens is 1. The van der Waals surface area contributed by atoms with E-state index in [2.05, 4.69) is 35.8 Å². The van der Waals surface area contributed by atoms with Crippen molar-refractivity contribution in [2.45, 2.75) is 0 Å². The highest BCUT2D eigenvalue weighted by atomic mass is 79.9. The highest BCUT2D eigenvalue weighted by Gasteiger charge is 2.23. The minimum atomic E-state index is 0.0340. The molecule has 3 rings (SSSR count). The first-order valence-corrected chi connectivity index (χ1v) is 7.46. The molecule has 1 amide bonds. The summed E-state index contributed by atoms with van der Waals surface area (Å²) in [6.07, 6.45) is 5.09. The van der Waals surface area contributed by atoms with Crippen LogP contribution in [0.5, 0.6) is 0 Å². The second-order valence-electron chi connectivity index (χ2n) is 4.70. The number of carbonyl (C=O) groups is 1. The van der Waals surface area contributed by atoms with Crippen LogP contribution >= 0.6 is 15.9 Å². The Morgan fingerprint density at radius 2 is 1.76 bits per heavy atom. The van der Waals surface area contributed by atoms with E-state index in [1.54, 1.807) is 36.8 Å². The number of hydrogen-bond acceptors (Lipinski definition) is 5. The third-order valence-corrected chi connectivity index (χ3v) is 3.81. The smallest absolute Gasteiger partial charge is 0.254 e. The summed E-state index contributed by atoms with van der Waals surface area (Å²) in [5.41, 5.74) is 0.654. The van der Waals surface area contributed by atoms with Crippen LogP contribution in [0.4, 0.5) is 5.95 Å². The molecule has 1 aliphatic heterocycles. The molecule has 0 spiro atoms. The fourth-order valence-corrected chi connectivity index (χ4v) is 2.65. The fraction of sp³-hybridized carbons (Fsp3) is 0.286. The average molecular weight is 348 g/mol. The fourth-order valence-electron chi connectivity index (χ4n) is 2.28.